The van der Waals surface area contributed by atoms with E-state index in [1.807, 2.05) is 0 Å². The van der Waals surface area contributed by atoms with Gasteiger partial charge >= 0.3 is 0 Å². The minimum absolute atomic E-state index is 0.642. The van der Waals surface area contributed by atoms with E-state index in [4.69, 9.17) is 11.1 Å². The third kappa shape index (κ3) is 8.51. The summed E-state index contributed by atoms with van der Waals surface area (Å²) in [5, 5.41) is 0. The summed E-state index contributed by atoms with van der Waals surface area (Å²) in [6, 6.07) is 1.23. The summed E-state index contributed by atoms with van der Waals surface area (Å²) in [7, 11) is 0.642. The van der Waals surface area contributed by atoms with Crippen LogP contribution in [-0.2, 0) is 0 Å². The van der Waals surface area contributed by atoms with Crippen LogP contribution in [-0.4, -0.2) is 8.83 Å². The maximum absolute atomic E-state index is 5.57. The van der Waals surface area contributed by atoms with Crippen molar-refractivity contribution in [1.82, 2.24) is 0 Å². The molecule has 0 fully saturated rings. The standard InChI is InChI=1S/C8H17ClSi/c1-2-3-4-5-6-7-8-10-9/h2-8H2,1H3. The van der Waals surface area contributed by atoms with Crippen LogP contribution in [0.2, 0.25) is 6.04 Å². The van der Waals surface area contributed by atoms with Gasteiger partial charge in [-0.15, -0.1) is 0 Å². The molecule has 0 amide bonds. The highest BCUT2D eigenvalue weighted by molar-refractivity contribution is 6.93. The van der Waals surface area contributed by atoms with Gasteiger partial charge in [0, 0.05) is 0 Å². The van der Waals surface area contributed by atoms with Crippen molar-refractivity contribution in [2.45, 2.75) is 51.5 Å². The van der Waals surface area contributed by atoms with Crippen LogP contribution in [0.3, 0.4) is 0 Å². The van der Waals surface area contributed by atoms with Gasteiger partial charge in [-0.05, 0) is 6.04 Å². The Morgan fingerprint density at radius 1 is 1.00 bits per heavy atom. The lowest BCUT2D eigenvalue weighted by atomic mass is 10.1. The smallest absolute Gasteiger partial charge is 0.171 e. The second-order valence-electron chi connectivity index (χ2n) is 2.65. The highest BCUT2D eigenvalue weighted by Gasteiger charge is 1.89. The fourth-order valence-corrected chi connectivity index (χ4v) is 1.76. The third-order valence-electron chi connectivity index (χ3n) is 1.62. The zero-order valence-electron chi connectivity index (χ0n) is 6.83. The molecule has 0 saturated carbocycles. The lowest BCUT2D eigenvalue weighted by Gasteiger charge is -1.96. The van der Waals surface area contributed by atoms with E-state index in [1.165, 1.54) is 44.6 Å². The van der Waals surface area contributed by atoms with Crippen molar-refractivity contribution in [3.8, 4) is 0 Å². The molecule has 0 heterocycles. The monoisotopic (exact) mass is 176 g/mol. The molecule has 2 heteroatoms. The number of hydrogen-bond donors (Lipinski definition) is 0. The normalized spacial score (nSPS) is 10.2. The van der Waals surface area contributed by atoms with Gasteiger partial charge in [0.25, 0.3) is 0 Å². The van der Waals surface area contributed by atoms with Crippen LogP contribution in [0.4, 0.5) is 0 Å². The third-order valence-corrected chi connectivity index (χ3v) is 2.73. The molecule has 0 saturated heterocycles. The van der Waals surface area contributed by atoms with Gasteiger partial charge in [-0.25, -0.2) is 0 Å². The number of hydrogen-bond acceptors (Lipinski definition) is 0. The second-order valence-corrected chi connectivity index (χ2v) is 4.22. The van der Waals surface area contributed by atoms with Crippen molar-refractivity contribution in [2.75, 3.05) is 0 Å². The molecule has 0 aromatic heterocycles. The van der Waals surface area contributed by atoms with E-state index in [1.54, 1.807) is 0 Å². The first kappa shape index (κ1) is 10.5. The molecule has 0 bridgehead atoms. The SMILES string of the molecule is CCCCCCCC[Si]Cl. The van der Waals surface area contributed by atoms with E-state index in [0.717, 1.165) is 0 Å². The summed E-state index contributed by atoms with van der Waals surface area (Å²) in [6.07, 6.45) is 8.31. The van der Waals surface area contributed by atoms with Gasteiger partial charge in [-0.1, -0.05) is 45.4 Å². The Morgan fingerprint density at radius 2 is 1.60 bits per heavy atom. The Kier molecular flexibility index (Phi) is 9.99. The zero-order chi connectivity index (χ0) is 7.66. The molecule has 0 aliphatic heterocycles. The van der Waals surface area contributed by atoms with Crippen molar-refractivity contribution in [3.63, 3.8) is 0 Å². The summed E-state index contributed by atoms with van der Waals surface area (Å²) in [5.74, 6) is 0. The van der Waals surface area contributed by atoms with Crippen molar-refractivity contribution >= 4 is 19.9 Å². The van der Waals surface area contributed by atoms with Crippen LogP contribution in [0.1, 0.15) is 45.4 Å². The molecule has 10 heavy (non-hydrogen) atoms. The van der Waals surface area contributed by atoms with E-state index < -0.39 is 0 Å². The molecule has 0 aromatic rings. The lowest BCUT2D eigenvalue weighted by molar-refractivity contribution is 0.624. The van der Waals surface area contributed by atoms with Crippen LogP contribution in [0.15, 0.2) is 0 Å². The fraction of sp³-hybridized carbons (Fsp3) is 1.00. The molecule has 2 radical (unpaired) electrons. The van der Waals surface area contributed by atoms with E-state index in [-0.39, 0.29) is 0 Å². The molecule has 0 unspecified atom stereocenters. The Bertz CT molecular complexity index is 49.2. The van der Waals surface area contributed by atoms with Gasteiger partial charge in [0.1, 0.15) is 0 Å². The first-order valence-corrected chi connectivity index (χ1v) is 6.47. The topological polar surface area (TPSA) is 0 Å². The Hall–Kier alpha value is 0.507. The van der Waals surface area contributed by atoms with E-state index in [0.29, 0.717) is 8.83 Å². The molecule has 0 N–H and O–H groups in total. The summed E-state index contributed by atoms with van der Waals surface area (Å²) in [6.45, 7) is 2.25. The van der Waals surface area contributed by atoms with Crippen molar-refractivity contribution in [2.24, 2.45) is 0 Å². The quantitative estimate of drug-likeness (QED) is 0.316. The molecule has 0 aliphatic carbocycles. The summed E-state index contributed by atoms with van der Waals surface area (Å²) >= 11 is 5.57. The number of unbranched alkanes of at least 4 members (excludes halogenated alkanes) is 5. The molecule has 0 rings (SSSR count). The Balaban J connectivity index is 2.65. The Morgan fingerprint density at radius 3 is 2.20 bits per heavy atom. The number of rotatable bonds is 7. The summed E-state index contributed by atoms with van der Waals surface area (Å²) < 4.78 is 0. The van der Waals surface area contributed by atoms with Gasteiger partial charge in [0.05, 0.1) is 0 Å². The van der Waals surface area contributed by atoms with Gasteiger partial charge in [-0.2, -0.15) is 11.1 Å². The summed E-state index contributed by atoms with van der Waals surface area (Å²) in [5.41, 5.74) is 0. The first-order valence-electron chi connectivity index (χ1n) is 4.25. The van der Waals surface area contributed by atoms with Crippen LogP contribution >= 0.6 is 11.1 Å². The highest BCUT2D eigenvalue weighted by Crippen LogP contribution is 2.06. The molecular formula is C8H17ClSi. The largest absolute Gasteiger partial charge is 0.171 e. The van der Waals surface area contributed by atoms with Gasteiger partial charge in [0.15, 0.2) is 8.83 Å². The van der Waals surface area contributed by atoms with E-state index in [2.05, 4.69) is 6.92 Å². The second kappa shape index (κ2) is 9.51. The molecule has 0 spiro atoms. The van der Waals surface area contributed by atoms with Crippen LogP contribution in [0.5, 0.6) is 0 Å². The lowest BCUT2D eigenvalue weighted by Crippen LogP contribution is -1.80. The molecule has 0 aliphatic rings. The number of halogens is 1. The van der Waals surface area contributed by atoms with Gasteiger partial charge in [0.2, 0.25) is 0 Å². The molecule has 0 aromatic carbocycles. The molecular weight excluding hydrogens is 160 g/mol. The minimum Gasteiger partial charge on any atom is -0.171 e. The maximum atomic E-state index is 5.57. The average Bonchev–Trinajstić information content (AvgIpc) is 1.97. The summed E-state index contributed by atoms with van der Waals surface area (Å²) in [4.78, 5) is 0. The van der Waals surface area contributed by atoms with Crippen LogP contribution in [0, 0.1) is 0 Å². The predicted molar refractivity (Wildman–Crippen MR) is 49.8 cm³/mol. The first-order chi connectivity index (χ1) is 4.91. The molecule has 0 atom stereocenters. The zero-order valence-corrected chi connectivity index (χ0v) is 8.58. The van der Waals surface area contributed by atoms with Gasteiger partial charge in [-0.3, -0.25) is 0 Å². The molecule has 0 nitrogen and oxygen atoms in total. The van der Waals surface area contributed by atoms with Crippen molar-refractivity contribution in [1.29, 1.82) is 0 Å². The fourth-order valence-electron chi connectivity index (χ4n) is 0.972. The van der Waals surface area contributed by atoms with Crippen molar-refractivity contribution in [3.05, 3.63) is 0 Å². The average molecular weight is 177 g/mol. The van der Waals surface area contributed by atoms with Crippen LogP contribution < -0.4 is 0 Å². The van der Waals surface area contributed by atoms with E-state index in [9.17, 15) is 0 Å². The maximum Gasteiger partial charge on any atom is 0.171 e. The van der Waals surface area contributed by atoms with Crippen molar-refractivity contribution < 1.29 is 0 Å². The predicted octanol–water partition coefficient (Wildman–Crippen LogP) is 3.62. The van der Waals surface area contributed by atoms with Gasteiger partial charge < -0.3 is 0 Å². The van der Waals surface area contributed by atoms with Crippen LogP contribution in [0.25, 0.3) is 0 Å². The molecule has 60 valence electrons. The Labute approximate surface area is 71.9 Å². The minimum atomic E-state index is 0.642. The highest BCUT2D eigenvalue weighted by atomic mass is 35.6. The van der Waals surface area contributed by atoms with E-state index >= 15 is 0 Å².